The molecule has 2 aromatic rings. The predicted molar refractivity (Wildman–Crippen MR) is 84.7 cm³/mol. The van der Waals surface area contributed by atoms with Crippen molar-refractivity contribution < 1.29 is 9.32 Å². The number of hydrogen-bond donors (Lipinski definition) is 1. The van der Waals surface area contributed by atoms with Crippen molar-refractivity contribution in [3.05, 3.63) is 47.7 Å². The van der Waals surface area contributed by atoms with Crippen LogP contribution in [0.4, 0.5) is 10.6 Å². The average molecular weight is 299 g/mol. The van der Waals surface area contributed by atoms with Gasteiger partial charge in [0, 0.05) is 18.0 Å². The molecule has 1 fully saturated rings. The first-order chi connectivity index (χ1) is 10.4. The first kappa shape index (κ1) is 14.6. The van der Waals surface area contributed by atoms with Crippen LogP contribution in [0.5, 0.6) is 0 Å². The topological polar surface area (TPSA) is 58.4 Å². The Morgan fingerprint density at radius 1 is 1.32 bits per heavy atom. The van der Waals surface area contributed by atoms with Crippen LogP contribution in [-0.4, -0.2) is 22.6 Å². The summed E-state index contributed by atoms with van der Waals surface area (Å²) < 4.78 is 5.29. The van der Waals surface area contributed by atoms with E-state index in [1.807, 2.05) is 43.9 Å². The molecule has 0 aliphatic carbocycles. The molecule has 1 aliphatic rings. The number of hydrogen-bond acceptors (Lipinski definition) is 3. The minimum atomic E-state index is -0.131. The fourth-order valence-electron chi connectivity index (χ4n) is 2.52. The first-order valence-electron chi connectivity index (χ1n) is 7.55. The van der Waals surface area contributed by atoms with E-state index in [2.05, 4.69) is 22.6 Å². The first-order valence-corrected chi connectivity index (χ1v) is 7.55. The third-order valence-corrected chi connectivity index (χ3v) is 3.95. The highest BCUT2D eigenvalue weighted by molar-refractivity contribution is 5.89. The van der Waals surface area contributed by atoms with Crippen molar-refractivity contribution in [3.8, 4) is 0 Å². The molecule has 0 radical (unpaired) electrons. The lowest BCUT2D eigenvalue weighted by Gasteiger charge is -2.40. The van der Waals surface area contributed by atoms with Crippen molar-refractivity contribution in [3.63, 3.8) is 0 Å². The van der Waals surface area contributed by atoms with Gasteiger partial charge in [0.2, 0.25) is 0 Å². The van der Waals surface area contributed by atoms with Crippen LogP contribution in [-0.2, 0) is 5.41 Å². The van der Waals surface area contributed by atoms with E-state index in [9.17, 15) is 4.79 Å². The standard InChI is InChI=1S/C17H21N3O2/c1-17(2,3)14-11-15(19-22-14)18-16(21)20-10-9-13(20)12-7-5-4-6-8-12/h4-8,11,13H,9-10H2,1-3H3,(H,18,19,21). The SMILES string of the molecule is CC(C)(C)c1cc(NC(=O)N2CCC2c2ccccc2)no1. The van der Waals surface area contributed by atoms with Crippen molar-refractivity contribution in [2.75, 3.05) is 11.9 Å². The fraction of sp³-hybridized carbons (Fsp3) is 0.412. The van der Waals surface area contributed by atoms with Gasteiger partial charge in [0.1, 0.15) is 5.76 Å². The molecule has 1 aromatic carbocycles. The summed E-state index contributed by atoms with van der Waals surface area (Å²) in [5.74, 6) is 1.22. The molecule has 1 unspecified atom stereocenters. The van der Waals surface area contributed by atoms with Crippen molar-refractivity contribution in [1.29, 1.82) is 0 Å². The Labute approximate surface area is 130 Å². The van der Waals surface area contributed by atoms with E-state index in [-0.39, 0.29) is 17.5 Å². The second-order valence-electron chi connectivity index (χ2n) is 6.67. The zero-order valence-electron chi connectivity index (χ0n) is 13.2. The third-order valence-electron chi connectivity index (χ3n) is 3.95. The Morgan fingerprint density at radius 3 is 2.59 bits per heavy atom. The van der Waals surface area contributed by atoms with E-state index in [1.54, 1.807) is 6.07 Å². The van der Waals surface area contributed by atoms with Gasteiger partial charge in [-0.05, 0) is 12.0 Å². The monoisotopic (exact) mass is 299 g/mol. The van der Waals surface area contributed by atoms with Crippen LogP contribution in [0, 0.1) is 0 Å². The second-order valence-corrected chi connectivity index (χ2v) is 6.67. The number of rotatable bonds is 2. The molecule has 0 spiro atoms. The van der Waals surface area contributed by atoms with Crippen LogP contribution < -0.4 is 5.32 Å². The zero-order valence-corrected chi connectivity index (χ0v) is 13.2. The van der Waals surface area contributed by atoms with Gasteiger partial charge < -0.3 is 9.42 Å². The summed E-state index contributed by atoms with van der Waals surface area (Å²) in [6.07, 6.45) is 0.990. The van der Waals surface area contributed by atoms with E-state index < -0.39 is 0 Å². The number of carbonyl (C=O) groups is 1. The molecule has 2 heterocycles. The van der Waals surface area contributed by atoms with Gasteiger partial charge in [-0.15, -0.1) is 0 Å². The van der Waals surface area contributed by atoms with Crippen LogP contribution in [0.25, 0.3) is 0 Å². The summed E-state index contributed by atoms with van der Waals surface area (Å²) in [4.78, 5) is 14.2. The highest BCUT2D eigenvalue weighted by Crippen LogP contribution is 2.33. The van der Waals surface area contributed by atoms with Crippen LogP contribution in [0.3, 0.4) is 0 Å². The summed E-state index contributed by atoms with van der Waals surface area (Å²) in [7, 11) is 0. The normalized spacial score (nSPS) is 18.0. The summed E-state index contributed by atoms with van der Waals surface area (Å²) in [5, 5.41) is 6.75. The highest BCUT2D eigenvalue weighted by Gasteiger charge is 2.33. The van der Waals surface area contributed by atoms with Crippen LogP contribution >= 0.6 is 0 Å². The highest BCUT2D eigenvalue weighted by atomic mass is 16.5. The molecule has 5 nitrogen and oxygen atoms in total. The summed E-state index contributed by atoms with van der Waals surface area (Å²) in [6, 6.07) is 11.9. The van der Waals surface area contributed by atoms with Crippen molar-refractivity contribution in [2.24, 2.45) is 0 Å². The lowest BCUT2D eigenvalue weighted by Crippen LogP contribution is -2.47. The Balaban J connectivity index is 1.66. The number of nitrogens with zero attached hydrogens (tertiary/aromatic N) is 2. The molecule has 22 heavy (non-hydrogen) atoms. The maximum Gasteiger partial charge on any atom is 0.323 e. The molecule has 116 valence electrons. The molecule has 1 N–H and O–H groups in total. The van der Waals surface area contributed by atoms with Gasteiger partial charge in [-0.1, -0.05) is 56.3 Å². The van der Waals surface area contributed by atoms with E-state index in [1.165, 1.54) is 5.56 Å². The Kier molecular flexibility index (Phi) is 3.64. The predicted octanol–water partition coefficient (Wildman–Crippen LogP) is 3.95. The summed E-state index contributed by atoms with van der Waals surface area (Å²) >= 11 is 0. The quantitative estimate of drug-likeness (QED) is 0.913. The molecule has 0 bridgehead atoms. The molecule has 2 amide bonds. The maximum atomic E-state index is 12.4. The van der Waals surface area contributed by atoms with E-state index in [0.29, 0.717) is 5.82 Å². The smallest absolute Gasteiger partial charge is 0.323 e. The van der Waals surface area contributed by atoms with Gasteiger partial charge >= 0.3 is 6.03 Å². The van der Waals surface area contributed by atoms with Crippen molar-refractivity contribution >= 4 is 11.8 Å². The maximum absolute atomic E-state index is 12.4. The summed E-state index contributed by atoms with van der Waals surface area (Å²) in [5.41, 5.74) is 1.04. The van der Waals surface area contributed by atoms with Crippen LogP contribution in [0.2, 0.25) is 0 Å². The number of urea groups is 1. The lowest BCUT2D eigenvalue weighted by atomic mass is 9.93. The molecule has 1 saturated heterocycles. The van der Waals surface area contributed by atoms with Gasteiger partial charge in [-0.2, -0.15) is 0 Å². The minimum absolute atomic E-state index is 0.126. The van der Waals surface area contributed by atoms with Gasteiger partial charge in [0.15, 0.2) is 5.82 Å². The van der Waals surface area contributed by atoms with Gasteiger partial charge in [0.05, 0.1) is 6.04 Å². The van der Waals surface area contributed by atoms with Gasteiger partial charge in [-0.3, -0.25) is 5.32 Å². The molecule has 1 atom stereocenters. The number of likely N-dealkylation sites (tertiary alicyclic amines) is 1. The van der Waals surface area contributed by atoms with Crippen molar-refractivity contribution in [1.82, 2.24) is 10.1 Å². The number of aromatic nitrogens is 1. The van der Waals surface area contributed by atoms with E-state index in [0.717, 1.165) is 18.7 Å². The second kappa shape index (κ2) is 5.48. The minimum Gasteiger partial charge on any atom is -0.359 e. The average Bonchev–Trinajstić information content (AvgIpc) is 2.87. The van der Waals surface area contributed by atoms with Crippen molar-refractivity contribution in [2.45, 2.75) is 38.6 Å². The number of carbonyl (C=O) groups excluding carboxylic acids is 1. The van der Waals surface area contributed by atoms with E-state index in [4.69, 9.17) is 4.52 Å². The zero-order chi connectivity index (χ0) is 15.7. The van der Waals surface area contributed by atoms with Gasteiger partial charge in [0.25, 0.3) is 0 Å². The van der Waals surface area contributed by atoms with Crippen LogP contribution in [0.15, 0.2) is 40.9 Å². The third kappa shape index (κ3) is 2.84. The van der Waals surface area contributed by atoms with Crippen LogP contribution in [0.1, 0.15) is 44.6 Å². The molecular formula is C17H21N3O2. The summed E-state index contributed by atoms with van der Waals surface area (Å²) in [6.45, 7) is 6.88. The fourth-order valence-corrected chi connectivity index (χ4v) is 2.52. The number of nitrogens with one attached hydrogen (secondary N) is 1. The molecule has 5 heteroatoms. The largest absolute Gasteiger partial charge is 0.359 e. The number of benzene rings is 1. The molecule has 0 saturated carbocycles. The Morgan fingerprint density at radius 2 is 2.05 bits per heavy atom. The number of amides is 2. The lowest BCUT2D eigenvalue weighted by molar-refractivity contribution is 0.126. The van der Waals surface area contributed by atoms with Gasteiger partial charge in [-0.25, -0.2) is 4.79 Å². The Hall–Kier alpha value is -2.30. The Bertz CT molecular complexity index is 658. The number of anilines is 1. The molecule has 1 aliphatic heterocycles. The molecule has 3 rings (SSSR count). The molecule has 1 aromatic heterocycles. The van der Waals surface area contributed by atoms with E-state index >= 15 is 0 Å². The molecular weight excluding hydrogens is 278 g/mol.